The summed E-state index contributed by atoms with van der Waals surface area (Å²) < 4.78 is 5.70. The zero-order valence-electron chi connectivity index (χ0n) is 6.74. The van der Waals surface area contributed by atoms with E-state index in [2.05, 4.69) is 10.3 Å². The fraction of sp³-hybridized carbons (Fsp3) is 0.143. The summed E-state index contributed by atoms with van der Waals surface area (Å²) >= 11 is 2.03. The van der Waals surface area contributed by atoms with Gasteiger partial charge in [-0.1, -0.05) is 0 Å². The maximum Gasteiger partial charge on any atom is 0.409 e. The molecule has 2 N–H and O–H groups in total. The summed E-state index contributed by atoms with van der Waals surface area (Å²) in [5.41, 5.74) is 0.349. The number of carboxylic acid groups (broad SMARTS) is 1. The summed E-state index contributed by atoms with van der Waals surface area (Å²) in [4.78, 5) is 14.2. The molecule has 0 unspecified atom stereocenters. The Bertz CT molecular complexity index is 330. The SMILES string of the molecule is COc1ncc(I)cc1NC(=O)O. The molecule has 13 heavy (non-hydrogen) atoms. The first kappa shape index (κ1) is 10.0. The van der Waals surface area contributed by atoms with Gasteiger partial charge < -0.3 is 9.84 Å². The highest BCUT2D eigenvalue weighted by Gasteiger charge is 2.07. The van der Waals surface area contributed by atoms with Crippen LogP contribution in [0.3, 0.4) is 0 Å². The maximum absolute atomic E-state index is 10.4. The number of hydrogen-bond donors (Lipinski definition) is 2. The van der Waals surface area contributed by atoms with Gasteiger partial charge in [0.1, 0.15) is 5.69 Å². The van der Waals surface area contributed by atoms with Crippen LogP contribution in [0.4, 0.5) is 10.5 Å². The normalized spacial score (nSPS) is 9.38. The van der Waals surface area contributed by atoms with Crippen molar-refractivity contribution in [1.29, 1.82) is 0 Å². The van der Waals surface area contributed by atoms with E-state index < -0.39 is 6.09 Å². The summed E-state index contributed by atoms with van der Waals surface area (Å²) in [5, 5.41) is 10.7. The molecule has 1 heterocycles. The van der Waals surface area contributed by atoms with Crippen LogP contribution >= 0.6 is 22.6 Å². The lowest BCUT2D eigenvalue weighted by molar-refractivity contribution is 0.209. The second-order valence-electron chi connectivity index (χ2n) is 2.14. The molecule has 0 spiro atoms. The Labute approximate surface area is 88.3 Å². The molecular weight excluding hydrogens is 287 g/mol. The summed E-state index contributed by atoms with van der Waals surface area (Å²) in [5.74, 6) is 0.266. The summed E-state index contributed by atoms with van der Waals surface area (Å²) in [6, 6.07) is 1.64. The van der Waals surface area contributed by atoms with Crippen molar-refractivity contribution in [1.82, 2.24) is 4.98 Å². The van der Waals surface area contributed by atoms with Crippen LogP contribution in [-0.2, 0) is 0 Å². The van der Waals surface area contributed by atoms with Crippen molar-refractivity contribution in [2.45, 2.75) is 0 Å². The van der Waals surface area contributed by atoms with E-state index in [1.165, 1.54) is 7.11 Å². The first-order valence-electron chi connectivity index (χ1n) is 3.33. The Balaban J connectivity index is 3.01. The predicted octanol–water partition coefficient (Wildman–Crippen LogP) is 1.78. The van der Waals surface area contributed by atoms with Crippen molar-refractivity contribution >= 4 is 34.4 Å². The largest absolute Gasteiger partial charge is 0.480 e. The van der Waals surface area contributed by atoms with Crippen LogP contribution in [0.5, 0.6) is 5.88 Å². The van der Waals surface area contributed by atoms with E-state index in [9.17, 15) is 4.79 Å². The van der Waals surface area contributed by atoms with Crippen LogP contribution in [0.15, 0.2) is 12.3 Å². The van der Waals surface area contributed by atoms with Crippen molar-refractivity contribution in [3.63, 3.8) is 0 Å². The molecule has 0 saturated carbocycles. The number of methoxy groups -OCH3 is 1. The van der Waals surface area contributed by atoms with Crippen molar-refractivity contribution in [2.75, 3.05) is 12.4 Å². The highest BCUT2D eigenvalue weighted by molar-refractivity contribution is 14.1. The van der Waals surface area contributed by atoms with Crippen molar-refractivity contribution < 1.29 is 14.6 Å². The topological polar surface area (TPSA) is 71.5 Å². The lowest BCUT2D eigenvalue weighted by Gasteiger charge is -2.06. The number of amides is 1. The van der Waals surface area contributed by atoms with Gasteiger partial charge in [0.2, 0.25) is 5.88 Å². The lowest BCUT2D eigenvalue weighted by atomic mass is 10.4. The van der Waals surface area contributed by atoms with Gasteiger partial charge in [0, 0.05) is 9.77 Å². The molecule has 0 aliphatic carbocycles. The van der Waals surface area contributed by atoms with Crippen LogP contribution in [0.1, 0.15) is 0 Å². The molecule has 1 aromatic rings. The Kier molecular flexibility index (Phi) is 3.29. The minimum Gasteiger partial charge on any atom is -0.480 e. The van der Waals surface area contributed by atoms with Crippen molar-refractivity contribution in [3.05, 3.63) is 15.8 Å². The minimum atomic E-state index is -1.14. The van der Waals surface area contributed by atoms with E-state index >= 15 is 0 Å². The van der Waals surface area contributed by atoms with Gasteiger partial charge in [-0.2, -0.15) is 0 Å². The van der Waals surface area contributed by atoms with E-state index in [4.69, 9.17) is 9.84 Å². The van der Waals surface area contributed by atoms with E-state index in [0.717, 1.165) is 3.57 Å². The third kappa shape index (κ3) is 2.72. The van der Waals surface area contributed by atoms with Gasteiger partial charge in [-0.05, 0) is 28.7 Å². The zero-order chi connectivity index (χ0) is 9.84. The molecule has 70 valence electrons. The van der Waals surface area contributed by atoms with E-state index in [1.54, 1.807) is 12.3 Å². The van der Waals surface area contributed by atoms with Crippen molar-refractivity contribution in [2.24, 2.45) is 0 Å². The van der Waals surface area contributed by atoms with Gasteiger partial charge in [0.05, 0.1) is 7.11 Å². The lowest BCUT2D eigenvalue weighted by Crippen LogP contribution is -2.09. The third-order valence-corrected chi connectivity index (χ3v) is 1.84. The van der Waals surface area contributed by atoms with Gasteiger partial charge in [0.25, 0.3) is 0 Å². The second kappa shape index (κ2) is 4.26. The number of nitrogens with zero attached hydrogens (tertiary/aromatic N) is 1. The number of halogens is 1. The fourth-order valence-electron chi connectivity index (χ4n) is 0.794. The van der Waals surface area contributed by atoms with Gasteiger partial charge >= 0.3 is 6.09 Å². The highest BCUT2D eigenvalue weighted by atomic mass is 127. The Morgan fingerprint density at radius 3 is 3.00 bits per heavy atom. The number of rotatable bonds is 2. The Morgan fingerprint density at radius 2 is 2.46 bits per heavy atom. The fourth-order valence-corrected chi connectivity index (χ4v) is 1.24. The molecule has 0 aliphatic heterocycles. The number of carbonyl (C=O) groups is 1. The molecule has 1 amide bonds. The first-order chi connectivity index (χ1) is 6.13. The first-order valence-corrected chi connectivity index (χ1v) is 4.41. The molecule has 0 saturated heterocycles. The summed E-state index contributed by atoms with van der Waals surface area (Å²) in [6.45, 7) is 0. The van der Waals surface area contributed by atoms with Crippen LogP contribution in [-0.4, -0.2) is 23.3 Å². The molecule has 0 bridgehead atoms. The Morgan fingerprint density at radius 1 is 1.77 bits per heavy atom. The number of ether oxygens (including phenoxy) is 1. The van der Waals surface area contributed by atoms with Crippen LogP contribution < -0.4 is 10.1 Å². The Hall–Kier alpha value is -1.05. The second-order valence-corrected chi connectivity index (χ2v) is 3.39. The molecule has 6 heteroatoms. The predicted molar refractivity (Wildman–Crippen MR) is 55.2 cm³/mol. The summed E-state index contributed by atoms with van der Waals surface area (Å²) in [7, 11) is 1.43. The van der Waals surface area contributed by atoms with Crippen LogP contribution in [0.2, 0.25) is 0 Å². The van der Waals surface area contributed by atoms with Gasteiger partial charge in [-0.25, -0.2) is 9.78 Å². The maximum atomic E-state index is 10.4. The van der Waals surface area contributed by atoms with Crippen molar-refractivity contribution in [3.8, 4) is 5.88 Å². The van der Waals surface area contributed by atoms with Gasteiger partial charge in [0.15, 0.2) is 0 Å². The van der Waals surface area contributed by atoms with E-state index in [-0.39, 0.29) is 5.88 Å². The molecule has 1 rings (SSSR count). The standard InChI is InChI=1S/C7H7IN2O3/c1-13-6-5(10-7(11)12)2-4(8)3-9-6/h2-3,10H,1H3,(H,11,12). The zero-order valence-corrected chi connectivity index (χ0v) is 8.90. The average molecular weight is 294 g/mol. The molecule has 0 aromatic carbocycles. The molecule has 0 fully saturated rings. The number of anilines is 1. The minimum absolute atomic E-state index is 0.266. The van der Waals surface area contributed by atoms with E-state index in [1.807, 2.05) is 22.6 Å². The van der Waals surface area contributed by atoms with Crippen LogP contribution in [0.25, 0.3) is 0 Å². The monoisotopic (exact) mass is 294 g/mol. The van der Waals surface area contributed by atoms with E-state index in [0.29, 0.717) is 5.69 Å². The smallest absolute Gasteiger partial charge is 0.409 e. The van der Waals surface area contributed by atoms with Crippen LogP contribution in [0, 0.1) is 3.57 Å². The van der Waals surface area contributed by atoms with Gasteiger partial charge in [-0.15, -0.1) is 0 Å². The number of nitrogens with one attached hydrogen (secondary N) is 1. The molecule has 0 aliphatic rings. The number of pyridine rings is 1. The quantitative estimate of drug-likeness (QED) is 0.816. The average Bonchev–Trinajstić information content (AvgIpc) is 2.03. The highest BCUT2D eigenvalue weighted by Crippen LogP contribution is 2.22. The van der Waals surface area contributed by atoms with Gasteiger partial charge in [-0.3, -0.25) is 5.32 Å². The summed E-state index contributed by atoms with van der Waals surface area (Å²) in [6.07, 6.45) is 0.453. The molecular formula is C7H7IN2O3. The molecule has 0 radical (unpaired) electrons. The third-order valence-electron chi connectivity index (χ3n) is 1.25. The molecule has 5 nitrogen and oxygen atoms in total. The number of hydrogen-bond acceptors (Lipinski definition) is 3. The number of aromatic nitrogens is 1. The molecule has 1 aromatic heterocycles. The molecule has 0 atom stereocenters.